The average molecular weight is 409 g/mol. The number of ether oxygens (including phenoxy) is 1. The number of nitrogens with one attached hydrogen (secondary N) is 1. The molecule has 1 atom stereocenters. The first-order valence-corrected chi connectivity index (χ1v) is 8.53. The Bertz CT molecular complexity index is 868. The normalized spacial score (nSPS) is 12.1. The Morgan fingerprint density at radius 3 is 2.28 bits per heavy atom. The molecule has 0 aliphatic rings. The van der Waals surface area contributed by atoms with Crippen LogP contribution in [0.25, 0.3) is 0 Å². The van der Waals surface area contributed by atoms with E-state index in [1.165, 1.54) is 6.07 Å². The summed E-state index contributed by atoms with van der Waals surface area (Å²) < 4.78 is 43.2. The molecular weight excluding hydrogens is 391 g/mol. The molecule has 0 spiro atoms. The van der Waals surface area contributed by atoms with Gasteiger partial charge in [-0.15, -0.1) is 0 Å². The highest BCUT2D eigenvalue weighted by Crippen LogP contribution is 2.29. The van der Waals surface area contributed by atoms with Crippen LogP contribution in [0.1, 0.15) is 23.1 Å². The Morgan fingerprint density at radius 2 is 1.66 bits per heavy atom. The van der Waals surface area contributed by atoms with Crippen molar-refractivity contribution in [2.24, 2.45) is 0 Å². The summed E-state index contributed by atoms with van der Waals surface area (Å²) in [4.78, 5) is 35.2. The molecule has 0 aromatic heterocycles. The van der Waals surface area contributed by atoms with Crippen LogP contribution in [0.3, 0.4) is 0 Å². The predicted molar refractivity (Wildman–Crippen MR) is 95.6 cm³/mol. The lowest BCUT2D eigenvalue weighted by Crippen LogP contribution is -2.43. The first kappa shape index (κ1) is 21.9. The van der Waals surface area contributed by atoms with Gasteiger partial charge in [-0.05, 0) is 17.2 Å². The van der Waals surface area contributed by atoms with E-state index in [9.17, 15) is 32.7 Å². The summed E-state index contributed by atoms with van der Waals surface area (Å²) in [7, 11) is 0. The van der Waals surface area contributed by atoms with Gasteiger partial charge in [0.1, 0.15) is 12.6 Å². The van der Waals surface area contributed by atoms with Crippen LogP contribution in [0.2, 0.25) is 0 Å². The fourth-order valence-electron chi connectivity index (χ4n) is 2.45. The molecule has 0 saturated heterocycles. The van der Waals surface area contributed by atoms with Crippen LogP contribution in [0.5, 0.6) is 0 Å². The Morgan fingerprint density at radius 1 is 1.00 bits per heavy atom. The van der Waals surface area contributed by atoms with E-state index >= 15 is 0 Å². The summed E-state index contributed by atoms with van der Waals surface area (Å²) in [6.07, 6.45) is -5.64. The molecule has 0 aliphatic heterocycles. The molecule has 2 rings (SSSR count). The van der Waals surface area contributed by atoms with Crippen LogP contribution in [0.15, 0.2) is 54.6 Å². The Hall–Kier alpha value is -3.36. The molecule has 29 heavy (non-hydrogen) atoms. The van der Waals surface area contributed by atoms with Crippen LogP contribution in [0.4, 0.5) is 13.2 Å². The zero-order chi connectivity index (χ0) is 21.4. The van der Waals surface area contributed by atoms with Gasteiger partial charge in [-0.1, -0.05) is 48.5 Å². The van der Waals surface area contributed by atoms with E-state index < -0.39 is 48.5 Å². The first-order chi connectivity index (χ1) is 13.6. The second-order valence-electron chi connectivity index (χ2n) is 6.18. The number of carboxylic acids is 1. The number of carbonyl (C=O) groups excluding carboxylic acids is 2. The number of rotatable bonds is 8. The number of aliphatic carboxylic acids is 1. The van der Waals surface area contributed by atoms with E-state index in [1.54, 1.807) is 30.3 Å². The van der Waals surface area contributed by atoms with Crippen molar-refractivity contribution in [3.63, 3.8) is 0 Å². The molecule has 6 nitrogen and oxygen atoms in total. The van der Waals surface area contributed by atoms with Crippen molar-refractivity contribution in [3.05, 3.63) is 71.3 Å². The lowest BCUT2D eigenvalue weighted by atomic mass is 10.1. The molecule has 0 heterocycles. The van der Waals surface area contributed by atoms with Crippen molar-refractivity contribution in [2.45, 2.75) is 31.7 Å². The molecule has 154 valence electrons. The molecular formula is C20H18F3NO5. The number of benzene rings is 2. The van der Waals surface area contributed by atoms with Gasteiger partial charge in [-0.2, -0.15) is 13.2 Å². The summed E-state index contributed by atoms with van der Waals surface area (Å²) in [6, 6.07) is 11.3. The average Bonchev–Trinajstić information content (AvgIpc) is 2.66. The number of hydrogen-bond acceptors (Lipinski definition) is 4. The van der Waals surface area contributed by atoms with Crippen molar-refractivity contribution in [3.8, 4) is 0 Å². The molecule has 0 bridgehead atoms. The third-order valence-corrected chi connectivity index (χ3v) is 3.87. The van der Waals surface area contributed by atoms with E-state index in [0.717, 1.165) is 18.2 Å². The van der Waals surface area contributed by atoms with E-state index in [-0.39, 0.29) is 12.2 Å². The number of hydrogen-bond donors (Lipinski definition) is 2. The van der Waals surface area contributed by atoms with Gasteiger partial charge in [0.15, 0.2) is 0 Å². The maximum Gasteiger partial charge on any atom is 0.416 e. The maximum absolute atomic E-state index is 12.7. The molecule has 0 fully saturated rings. The summed E-state index contributed by atoms with van der Waals surface area (Å²) >= 11 is 0. The minimum atomic E-state index is -4.56. The highest BCUT2D eigenvalue weighted by Gasteiger charge is 2.30. The van der Waals surface area contributed by atoms with Gasteiger partial charge in [0.2, 0.25) is 5.91 Å². The van der Waals surface area contributed by atoms with Gasteiger partial charge < -0.3 is 15.2 Å². The zero-order valence-electron chi connectivity index (χ0n) is 15.1. The summed E-state index contributed by atoms with van der Waals surface area (Å²) in [5.41, 5.74) is -0.142. The highest BCUT2D eigenvalue weighted by atomic mass is 19.4. The lowest BCUT2D eigenvalue weighted by molar-refractivity contribution is -0.151. The van der Waals surface area contributed by atoms with Crippen LogP contribution in [0, 0.1) is 0 Å². The number of halogens is 3. The predicted octanol–water partition coefficient (Wildman–Crippen LogP) is 2.95. The number of alkyl halides is 3. The third-order valence-electron chi connectivity index (χ3n) is 3.87. The van der Waals surface area contributed by atoms with E-state index in [2.05, 4.69) is 5.32 Å². The number of esters is 1. The second kappa shape index (κ2) is 9.72. The van der Waals surface area contributed by atoms with Gasteiger partial charge >= 0.3 is 18.1 Å². The Kier molecular flexibility index (Phi) is 7.35. The topological polar surface area (TPSA) is 92.7 Å². The summed E-state index contributed by atoms with van der Waals surface area (Å²) in [6.45, 7) is -0.0514. The Balaban J connectivity index is 1.91. The summed E-state index contributed by atoms with van der Waals surface area (Å²) in [5.74, 6) is -3.12. The van der Waals surface area contributed by atoms with Crippen LogP contribution < -0.4 is 5.32 Å². The molecule has 9 heteroatoms. The van der Waals surface area contributed by atoms with Gasteiger partial charge in [-0.3, -0.25) is 9.59 Å². The van der Waals surface area contributed by atoms with Crippen molar-refractivity contribution in [1.29, 1.82) is 0 Å². The summed E-state index contributed by atoms with van der Waals surface area (Å²) in [5, 5.41) is 11.3. The fraction of sp³-hybridized carbons (Fsp3) is 0.250. The van der Waals surface area contributed by atoms with Gasteiger partial charge in [0.05, 0.1) is 18.4 Å². The minimum Gasteiger partial charge on any atom is -0.480 e. The van der Waals surface area contributed by atoms with Gasteiger partial charge in [0.25, 0.3) is 0 Å². The van der Waals surface area contributed by atoms with Crippen molar-refractivity contribution in [2.75, 3.05) is 0 Å². The molecule has 2 aromatic carbocycles. The van der Waals surface area contributed by atoms with Crippen LogP contribution >= 0.6 is 0 Å². The van der Waals surface area contributed by atoms with Crippen molar-refractivity contribution >= 4 is 17.8 Å². The van der Waals surface area contributed by atoms with E-state index in [1.807, 2.05) is 0 Å². The quantitative estimate of drug-likeness (QED) is 0.654. The van der Waals surface area contributed by atoms with Gasteiger partial charge in [0, 0.05) is 0 Å². The standard InChI is InChI=1S/C20H18F3NO5/c21-20(22,23)15-8-4-7-14(9-15)10-17(25)24-16(19(27)28)11-18(26)29-12-13-5-2-1-3-6-13/h1-9,16H,10-12H2,(H,24,25)(H,27,28)/t16-/m1/s1. The van der Waals surface area contributed by atoms with Crippen LogP contribution in [-0.2, 0) is 38.3 Å². The molecule has 0 radical (unpaired) electrons. The number of amides is 1. The number of carboxylic acid groups (broad SMARTS) is 1. The monoisotopic (exact) mass is 409 g/mol. The van der Waals surface area contributed by atoms with Crippen LogP contribution in [-0.4, -0.2) is 29.0 Å². The molecule has 0 saturated carbocycles. The Labute approximate surface area is 164 Å². The molecule has 2 N–H and O–H groups in total. The zero-order valence-corrected chi connectivity index (χ0v) is 15.1. The molecule has 1 amide bonds. The fourth-order valence-corrected chi connectivity index (χ4v) is 2.45. The van der Waals surface area contributed by atoms with Crippen molar-refractivity contribution in [1.82, 2.24) is 5.32 Å². The maximum atomic E-state index is 12.7. The largest absolute Gasteiger partial charge is 0.480 e. The van der Waals surface area contributed by atoms with Gasteiger partial charge in [-0.25, -0.2) is 4.79 Å². The third kappa shape index (κ3) is 7.28. The lowest BCUT2D eigenvalue weighted by Gasteiger charge is -2.14. The molecule has 0 aliphatic carbocycles. The van der Waals surface area contributed by atoms with E-state index in [0.29, 0.717) is 5.56 Å². The number of carbonyl (C=O) groups is 3. The minimum absolute atomic E-state index is 0.0514. The SMILES string of the molecule is O=C(Cc1cccc(C(F)(F)F)c1)N[C@H](CC(=O)OCc1ccccc1)C(=O)O. The van der Waals surface area contributed by atoms with Crippen molar-refractivity contribution < 1.29 is 37.4 Å². The second-order valence-corrected chi connectivity index (χ2v) is 6.18. The highest BCUT2D eigenvalue weighted by molar-refractivity contribution is 5.88. The van der Waals surface area contributed by atoms with E-state index in [4.69, 9.17) is 4.74 Å². The molecule has 2 aromatic rings. The first-order valence-electron chi connectivity index (χ1n) is 8.53. The molecule has 0 unspecified atom stereocenters. The smallest absolute Gasteiger partial charge is 0.416 e.